The molecule has 22 heavy (non-hydrogen) atoms. The lowest BCUT2D eigenvalue weighted by Crippen LogP contribution is -2.33. The maximum atomic E-state index is 12.1. The zero-order valence-electron chi connectivity index (χ0n) is 13.7. The number of carbonyl (C=O) groups is 2. The monoisotopic (exact) mass is 307 g/mol. The van der Waals surface area contributed by atoms with Gasteiger partial charge in [-0.3, -0.25) is 4.79 Å². The van der Waals surface area contributed by atoms with Crippen molar-refractivity contribution in [2.75, 3.05) is 12.3 Å². The number of ketones is 1. The molecule has 1 rings (SSSR count). The molecule has 0 aliphatic carbocycles. The molecule has 0 aromatic carbocycles. The van der Waals surface area contributed by atoms with Crippen molar-refractivity contribution in [3.05, 3.63) is 23.4 Å². The number of nitrogen functional groups attached to an aromatic ring is 1. The summed E-state index contributed by atoms with van der Waals surface area (Å²) in [5, 5.41) is 2.67. The summed E-state index contributed by atoms with van der Waals surface area (Å²) in [6.45, 7) is 7.77. The van der Waals surface area contributed by atoms with E-state index in [1.54, 1.807) is 6.07 Å². The molecule has 0 saturated carbocycles. The van der Waals surface area contributed by atoms with E-state index in [0.29, 0.717) is 37.2 Å². The van der Waals surface area contributed by atoms with Crippen molar-refractivity contribution in [3.8, 4) is 0 Å². The molecular weight excluding hydrogens is 282 g/mol. The SMILES string of the molecule is Cc1cc(N)ncc1C(=O)CCCCNC(=O)OC(C)(C)C. The number of aryl methyl sites for hydroxylation is 1. The van der Waals surface area contributed by atoms with Gasteiger partial charge in [0, 0.05) is 24.7 Å². The Morgan fingerprint density at radius 2 is 2.00 bits per heavy atom. The number of carbonyl (C=O) groups excluding carboxylic acids is 2. The first-order chi connectivity index (χ1) is 10.2. The molecule has 6 nitrogen and oxygen atoms in total. The van der Waals surface area contributed by atoms with Crippen LogP contribution in [0.4, 0.5) is 10.6 Å². The maximum absolute atomic E-state index is 12.1. The highest BCUT2D eigenvalue weighted by molar-refractivity contribution is 5.97. The van der Waals surface area contributed by atoms with E-state index < -0.39 is 11.7 Å². The topological polar surface area (TPSA) is 94.3 Å². The summed E-state index contributed by atoms with van der Waals surface area (Å²) < 4.78 is 5.12. The molecule has 1 aromatic rings. The summed E-state index contributed by atoms with van der Waals surface area (Å²) in [6.07, 6.45) is 2.91. The van der Waals surface area contributed by atoms with Gasteiger partial charge in [-0.1, -0.05) is 0 Å². The molecule has 6 heteroatoms. The minimum Gasteiger partial charge on any atom is -0.444 e. The second-order valence-corrected chi connectivity index (χ2v) is 6.23. The molecule has 1 aromatic heterocycles. The highest BCUT2D eigenvalue weighted by atomic mass is 16.6. The van der Waals surface area contributed by atoms with E-state index in [0.717, 1.165) is 5.56 Å². The van der Waals surface area contributed by atoms with Crippen LogP contribution in [0.15, 0.2) is 12.3 Å². The molecule has 0 fully saturated rings. The van der Waals surface area contributed by atoms with E-state index in [-0.39, 0.29) is 5.78 Å². The summed E-state index contributed by atoms with van der Waals surface area (Å²) in [7, 11) is 0. The molecule has 1 heterocycles. The molecule has 0 unspecified atom stereocenters. The number of ether oxygens (including phenoxy) is 1. The fraction of sp³-hybridized carbons (Fsp3) is 0.562. The van der Waals surface area contributed by atoms with E-state index in [4.69, 9.17) is 10.5 Å². The van der Waals surface area contributed by atoms with E-state index in [1.165, 1.54) is 6.20 Å². The molecular formula is C16H25N3O3. The summed E-state index contributed by atoms with van der Waals surface area (Å²) in [6, 6.07) is 1.69. The third kappa shape index (κ3) is 6.56. The van der Waals surface area contributed by atoms with Crippen LogP contribution < -0.4 is 11.1 Å². The molecule has 0 aliphatic heterocycles. The Bertz CT molecular complexity index is 536. The van der Waals surface area contributed by atoms with Gasteiger partial charge >= 0.3 is 6.09 Å². The van der Waals surface area contributed by atoms with Gasteiger partial charge in [0.2, 0.25) is 0 Å². The first-order valence-corrected chi connectivity index (χ1v) is 7.41. The molecule has 0 spiro atoms. The van der Waals surface area contributed by atoms with Crippen molar-refractivity contribution >= 4 is 17.7 Å². The molecule has 0 bridgehead atoms. The van der Waals surface area contributed by atoms with Crippen molar-refractivity contribution in [1.29, 1.82) is 0 Å². The molecule has 3 N–H and O–H groups in total. The number of nitrogens with zero attached hydrogens (tertiary/aromatic N) is 1. The van der Waals surface area contributed by atoms with Gasteiger partial charge in [0.25, 0.3) is 0 Å². The second kappa shape index (κ2) is 7.77. The normalized spacial score (nSPS) is 11.1. The van der Waals surface area contributed by atoms with Gasteiger partial charge in [-0.15, -0.1) is 0 Å². The fourth-order valence-corrected chi connectivity index (χ4v) is 1.92. The predicted molar refractivity (Wildman–Crippen MR) is 85.8 cm³/mol. The fourth-order valence-electron chi connectivity index (χ4n) is 1.92. The van der Waals surface area contributed by atoms with Gasteiger partial charge < -0.3 is 15.8 Å². The van der Waals surface area contributed by atoms with E-state index in [1.807, 2.05) is 27.7 Å². The largest absolute Gasteiger partial charge is 0.444 e. The number of amides is 1. The van der Waals surface area contributed by atoms with Crippen LogP contribution in [0.1, 0.15) is 56.0 Å². The Hall–Kier alpha value is -2.11. The number of pyridine rings is 1. The smallest absolute Gasteiger partial charge is 0.407 e. The van der Waals surface area contributed by atoms with Crippen molar-refractivity contribution in [2.24, 2.45) is 0 Å². The highest BCUT2D eigenvalue weighted by Gasteiger charge is 2.15. The van der Waals surface area contributed by atoms with Gasteiger partial charge in [-0.2, -0.15) is 0 Å². The molecule has 0 aliphatic rings. The first-order valence-electron chi connectivity index (χ1n) is 7.41. The van der Waals surface area contributed by atoms with Crippen LogP contribution in [-0.4, -0.2) is 29.0 Å². The molecule has 122 valence electrons. The van der Waals surface area contributed by atoms with Crippen molar-refractivity contribution in [2.45, 2.75) is 52.6 Å². The minimum absolute atomic E-state index is 0.0438. The van der Waals surface area contributed by atoms with Crippen molar-refractivity contribution < 1.29 is 14.3 Å². The van der Waals surface area contributed by atoms with E-state index in [2.05, 4.69) is 10.3 Å². The molecule has 1 amide bonds. The van der Waals surface area contributed by atoms with E-state index >= 15 is 0 Å². The van der Waals surface area contributed by atoms with Crippen molar-refractivity contribution in [1.82, 2.24) is 10.3 Å². The molecule has 0 saturated heterocycles. The lowest BCUT2D eigenvalue weighted by Gasteiger charge is -2.19. The average Bonchev–Trinajstić information content (AvgIpc) is 2.35. The molecule has 0 radical (unpaired) electrons. The van der Waals surface area contributed by atoms with Crippen LogP contribution in [-0.2, 0) is 4.74 Å². The number of rotatable bonds is 6. The number of hydrogen-bond donors (Lipinski definition) is 2. The third-order valence-electron chi connectivity index (χ3n) is 2.93. The van der Waals surface area contributed by atoms with Crippen LogP contribution in [0.2, 0.25) is 0 Å². The number of aromatic nitrogens is 1. The predicted octanol–water partition coefficient (Wildman–Crippen LogP) is 2.85. The molecule has 0 atom stereocenters. The zero-order valence-corrected chi connectivity index (χ0v) is 13.7. The lowest BCUT2D eigenvalue weighted by molar-refractivity contribution is 0.0527. The highest BCUT2D eigenvalue weighted by Crippen LogP contribution is 2.13. The first kappa shape index (κ1) is 17.9. The number of Topliss-reactive ketones (excluding diaryl/α,β-unsaturated/α-hetero) is 1. The Morgan fingerprint density at radius 3 is 2.59 bits per heavy atom. The van der Waals surface area contributed by atoms with Gasteiger partial charge in [0.15, 0.2) is 5.78 Å². The average molecular weight is 307 g/mol. The van der Waals surface area contributed by atoms with Crippen LogP contribution in [0.3, 0.4) is 0 Å². The van der Waals surface area contributed by atoms with Gasteiger partial charge in [-0.05, 0) is 52.2 Å². The number of hydrogen-bond acceptors (Lipinski definition) is 5. The maximum Gasteiger partial charge on any atom is 0.407 e. The van der Waals surface area contributed by atoms with E-state index in [9.17, 15) is 9.59 Å². The van der Waals surface area contributed by atoms with Crippen LogP contribution in [0.25, 0.3) is 0 Å². The number of alkyl carbamates (subject to hydrolysis) is 1. The number of unbranched alkanes of at least 4 members (excludes halogenated alkanes) is 1. The number of nitrogens with two attached hydrogens (primary N) is 1. The van der Waals surface area contributed by atoms with Crippen LogP contribution >= 0.6 is 0 Å². The standard InChI is InChI=1S/C16H25N3O3/c1-11-9-14(17)19-10-12(11)13(20)7-5-6-8-18-15(21)22-16(2,3)4/h9-10H,5-8H2,1-4H3,(H2,17,19)(H,18,21). The Labute approximate surface area is 131 Å². The van der Waals surface area contributed by atoms with Gasteiger partial charge in [0.05, 0.1) is 0 Å². The minimum atomic E-state index is -0.500. The van der Waals surface area contributed by atoms with Crippen LogP contribution in [0.5, 0.6) is 0 Å². The second-order valence-electron chi connectivity index (χ2n) is 6.23. The summed E-state index contributed by atoms with van der Waals surface area (Å²) in [5.41, 5.74) is 6.51. The van der Waals surface area contributed by atoms with Crippen LogP contribution in [0, 0.1) is 6.92 Å². The van der Waals surface area contributed by atoms with Gasteiger partial charge in [0.1, 0.15) is 11.4 Å². The van der Waals surface area contributed by atoms with Crippen molar-refractivity contribution in [3.63, 3.8) is 0 Å². The summed E-state index contributed by atoms with van der Waals surface area (Å²) >= 11 is 0. The zero-order chi connectivity index (χ0) is 16.8. The summed E-state index contributed by atoms with van der Waals surface area (Å²) in [4.78, 5) is 27.4. The Morgan fingerprint density at radius 1 is 1.32 bits per heavy atom. The summed E-state index contributed by atoms with van der Waals surface area (Å²) in [5.74, 6) is 0.456. The lowest BCUT2D eigenvalue weighted by atomic mass is 10.0. The number of nitrogens with one attached hydrogen (secondary N) is 1. The Balaban J connectivity index is 2.27. The number of anilines is 1. The van der Waals surface area contributed by atoms with Gasteiger partial charge in [-0.25, -0.2) is 9.78 Å². The Kier molecular flexibility index (Phi) is 6.34. The quantitative estimate of drug-likeness (QED) is 0.622. The third-order valence-corrected chi connectivity index (χ3v) is 2.93.